The Hall–Kier alpha value is -3.28. The van der Waals surface area contributed by atoms with E-state index in [1.54, 1.807) is 48.5 Å². The molecule has 29 heavy (non-hydrogen) atoms. The maximum absolute atomic E-state index is 12.3. The van der Waals surface area contributed by atoms with Crippen LogP contribution in [0, 0.1) is 5.92 Å². The van der Waals surface area contributed by atoms with Crippen molar-refractivity contribution in [1.82, 2.24) is 0 Å². The molecule has 0 heterocycles. The number of rotatable bonds is 11. The molecule has 1 atom stereocenters. The second kappa shape index (κ2) is 11.5. The molecular weight excluding hydrogens is 372 g/mol. The first-order valence-electron chi connectivity index (χ1n) is 9.49. The maximum Gasteiger partial charge on any atom is 0.343 e. The normalized spacial score (nSPS) is 11.2. The molecule has 0 radical (unpaired) electrons. The summed E-state index contributed by atoms with van der Waals surface area (Å²) in [5, 5.41) is 0. The zero-order valence-corrected chi connectivity index (χ0v) is 16.8. The molecule has 0 saturated heterocycles. The highest BCUT2D eigenvalue weighted by molar-refractivity contribution is 5.91. The second-order valence-electron chi connectivity index (χ2n) is 6.43. The number of esters is 2. The van der Waals surface area contributed by atoms with E-state index >= 15 is 0 Å². The summed E-state index contributed by atoms with van der Waals surface area (Å²) in [5.41, 5.74) is 0.396. The number of carbonyl (C=O) groups is 2. The molecule has 0 saturated carbocycles. The highest BCUT2D eigenvalue weighted by Gasteiger charge is 2.09. The van der Waals surface area contributed by atoms with E-state index in [0.29, 0.717) is 29.6 Å². The third kappa shape index (κ3) is 7.70. The molecule has 0 aromatic heterocycles. The fraction of sp³-hybridized carbons (Fsp3) is 0.304. The number of hydrogen-bond donors (Lipinski definition) is 0. The fourth-order valence-electron chi connectivity index (χ4n) is 2.17. The molecule has 2 aromatic carbocycles. The van der Waals surface area contributed by atoms with Gasteiger partial charge in [0.1, 0.15) is 30.5 Å². The fourth-order valence-corrected chi connectivity index (χ4v) is 2.17. The third-order valence-electron chi connectivity index (χ3n) is 4.12. The van der Waals surface area contributed by atoms with E-state index in [4.69, 9.17) is 18.9 Å². The molecule has 2 rings (SSSR count). The Morgan fingerprint density at radius 1 is 0.931 bits per heavy atom. The quantitative estimate of drug-likeness (QED) is 0.241. The van der Waals surface area contributed by atoms with Gasteiger partial charge in [0, 0.05) is 6.08 Å². The van der Waals surface area contributed by atoms with Crippen molar-refractivity contribution in [2.45, 2.75) is 20.3 Å². The van der Waals surface area contributed by atoms with Gasteiger partial charge >= 0.3 is 11.9 Å². The molecule has 0 bridgehead atoms. The molecule has 154 valence electrons. The predicted molar refractivity (Wildman–Crippen MR) is 109 cm³/mol. The number of benzene rings is 2. The van der Waals surface area contributed by atoms with Crippen molar-refractivity contribution in [2.75, 3.05) is 19.8 Å². The van der Waals surface area contributed by atoms with Gasteiger partial charge in [0.05, 0.1) is 12.2 Å². The van der Waals surface area contributed by atoms with Crippen molar-refractivity contribution >= 4 is 11.9 Å². The van der Waals surface area contributed by atoms with Crippen LogP contribution in [0.4, 0.5) is 0 Å². The molecule has 0 unspecified atom stereocenters. The van der Waals surface area contributed by atoms with Gasteiger partial charge in [0.25, 0.3) is 0 Å². The van der Waals surface area contributed by atoms with Gasteiger partial charge in [-0.3, -0.25) is 0 Å². The van der Waals surface area contributed by atoms with Gasteiger partial charge in [0.15, 0.2) is 0 Å². The van der Waals surface area contributed by atoms with E-state index in [1.165, 1.54) is 0 Å². The SMILES string of the molecule is C=CC(=O)OCCOc1ccc(C(=O)Oc2ccc(OC[C@@H](C)CC)cc2)cc1. The number of hydrogen-bond acceptors (Lipinski definition) is 6. The molecule has 0 spiro atoms. The maximum atomic E-state index is 12.3. The lowest BCUT2D eigenvalue weighted by Gasteiger charge is -2.11. The van der Waals surface area contributed by atoms with E-state index in [0.717, 1.165) is 18.2 Å². The molecule has 0 aliphatic rings. The molecule has 2 aromatic rings. The average Bonchev–Trinajstić information content (AvgIpc) is 2.76. The first kappa shape index (κ1) is 22.0. The van der Waals surface area contributed by atoms with E-state index in [2.05, 4.69) is 20.4 Å². The zero-order chi connectivity index (χ0) is 21.1. The van der Waals surface area contributed by atoms with Crippen LogP contribution in [0.15, 0.2) is 61.2 Å². The monoisotopic (exact) mass is 398 g/mol. The summed E-state index contributed by atoms with van der Waals surface area (Å²) < 4.78 is 21.3. The highest BCUT2D eigenvalue weighted by atomic mass is 16.6. The van der Waals surface area contributed by atoms with Crippen LogP contribution in [-0.2, 0) is 9.53 Å². The van der Waals surface area contributed by atoms with Gasteiger partial charge in [0.2, 0.25) is 0 Å². The summed E-state index contributed by atoms with van der Waals surface area (Å²) >= 11 is 0. The van der Waals surface area contributed by atoms with Crippen molar-refractivity contribution in [3.8, 4) is 17.2 Å². The van der Waals surface area contributed by atoms with Crippen LogP contribution in [0.3, 0.4) is 0 Å². The smallest absolute Gasteiger partial charge is 0.343 e. The van der Waals surface area contributed by atoms with E-state index < -0.39 is 11.9 Å². The van der Waals surface area contributed by atoms with Crippen LogP contribution < -0.4 is 14.2 Å². The van der Waals surface area contributed by atoms with Crippen LogP contribution >= 0.6 is 0 Å². The van der Waals surface area contributed by atoms with Gasteiger partial charge in [-0.1, -0.05) is 26.8 Å². The summed E-state index contributed by atoms with van der Waals surface area (Å²) in [6, 6.07) is 13.5. The first-order valence-corrected chi connectivity index (χ1v) is 9.49. The lowest BCUT2D eigenvalue weighted by Crippen LogP contribution is -2.11. The number of ether oxygens (including phenoxy) is 4. The second-order valence-corrected chi connectivity index (χ2v) is 6.43. The standard InChI is InChI=1S/C23H26O6/c1-4-17(3)16-28-20-10-12-21(13-11-20)29-23(25)18-6-8-19(9-7-18)26-14-15-27-22(24)5-2/h5-13,17H,2,4,14-16H2,1,3H3/t17-/m0/s1. The van der Waals surface area contributed by atoms with Crippen LogP contribution in [-0.4, -0.2) is 31.8 Å². The van der Waals surface area contributed by atoms with Gasteiger partial charge in [-0.2, -0.15) is 0 Å². The summed E-state index contributed by atoms with van der Waals surface area (Å²) in [5.74, 6) is 1.26. The predicted octanol–water partition coefficient (Wildman–Crippen LogP) is 4.44. The van der Waals surface area contributed by atoms with Crippen molar-refractivity contribution in [3.63, 3.8) is 0 Å². The Balaban J connectivity index is 1.81. The Morgan fingerprint density at radius 2 is 1.52 bits per heavy atom. The minimum Gasteiger partial charge on any atom is -0.493 e. The molecule has 0 aliphatic carbocycles. The van der Waals surface area contributed by atoms with Crippen LogP contribution in [0.5, 0.6) is 17.2 Å². The summed E-state index contributed by atoms with van der Waals surface area (Å²) in [6.45, 7) is 8.53. The molecule has 6 heteroatoms. The Labute approximate surface area is 171 Å². The van der Waals surface area contributed by atoms with E-state index in [9.17, 15) is 9.59 Å². The van der Waals surface area contributed by atoms with Gasteiger partial charge < -0.3 is 18.9 Å². The molecule has 0 amide bonds. The zero-order valence-electron chi connectivity index (χ0n) is 16.8. The molecule has 0 aliphatic heterocycles. The lowest BCUT2D eigenvalue weighted by atomic mass is 10.1. The van der Waals surface area contributed by atoms with E-state index in [1.807, 2.05) is 0 Å². The topological polar surface area (TPSA) is 71.1 Å². The van der Waals surface area contributed by atoms with Crippen LogP contribution in [0.1, 0.15) is 30.6 Å². The molecule has 0 fully saturated rings. The number of carbonyl (C=O) groups excluding carboxylic acids is 2. The highest BCUT2D eigenvalue weighted by Crippen LogP contribution is 2.20. The van der Waals surface area contributed by atoms with Gasteiger partial charge in [-0.05, 0) is 54.4 Å². The molecule has 0 N–H and O–H groups in total. The van der Waals surface area contributed by atoms with Crippen molar-refractivity contribution < 1.29 is 28.5 Å². The van der Waals surface area contributed by atoms with Crippen LogP contribution in [0.2, 0.25) is 0 Å². The summed E-state index contributed by atoms with van der Waals surface area (Å²) in [6.07, 6.45) is 2.15. The third-order valence-corrected chi connectivity index (χ3v) is 4.12. The van der Waals surface area contributed by atoms with Crippen LogP contribution in [0.25, 0.3) is 0 Å². The van der Waals surface area contributed by atoms with Crippen molar-refractivity contribution in [2.24, 2.45) is 5.92 Å². The minimum atomic E-state index is -0.498. The van der Waals surface area contributed by atoms with Crippen molar-refractivity contribution in [1.29, 1.82) is 0 Å². The average molecular weight is 398 g/mol. The van der Waals surface area contributed by atoms with Gasteiger partial charge in [-0.15, -0.1) is 0 Å². The Morgan fingerprint density at radius 3 is 2.14 bits per heavy atom. The summed E-state index contributed by atoms with van der Waals surface area (Å²) in [7, 11) is 0. The van der Waals surface area contributed by atoms with Gasteiger partial charge in [-0.25, -0.2) is 9.59 Å². The molecule has 6 nitrogen and oxygen atoms in total. The Bertz CT molecular complexity index is 795. The Kier molecular flexibility index (Phi) is 8.76. The lowest BCUT2D eigenvalue weighted by molar-refractivity contribution is -0.138. The minimum absolute atomic E-state index is 0.117. The summed E-state index contributed by atoms with van der Waals surface area (Å²) in [4.78, 5) is 23.2. The molecular formula is C23H26O6. The van der Waals surface area contributed by atoms with Crippen molar-refractivity contribution in [3.05, 3.63) is 66.7 Å². The largest absolute Gasteiger partial charge is 0.493 e. The first-order chi connectivity index (χ1) is 14.0. The van der Waals surface area contributed by atoms with E-state index in [-0.39, 0.29) is 13.2 Å².